The zero-order chi connectivity index (χ0) is 26.8. The first-order chi connectivity index (χ1) is 18.3. The molecule has 194 valence electrons. The number of hydrogen-bond acceptors (Lipinski definition) is 6. The molecule has 1 aliphatic rings. The molecule has 38 heavy (non-hydrogen) atoms. The van der Waals surface area contributed by atoms with Crippen LogP contribution >= 0.6 is 0 Å². The van der Waals surface area contributed by atoms with Gasteiger partial charge in [-0.05, 0) is 56.3 Å². The number of ether oxygens (including phenoxy) is 1. The first-order valence-electron chi connectivity index (χ1n) is 12.5. The first kappa shape index (κ1) is 25.1. The van der Waals surface area contributed by atoms with Crippen LogP contribution in [-0.2, 0) is 0 Å². The van der Waals surface area contributed by atoms with Crippen molar-refractivity contribution < 1.29 is 14.6 Å². The second-order valence-electron chi connectivity index (χ2n) is 9.57. The molecule has 8 nitrogen and oxygen atoms in total. The number of benzene rings is 3. The molecule has 3 aromatic carbocycles. The van der Waals surface area contributed by atoms with Crippen LogP contribution in [0.15, 0.2) is 71.5 Å². The third kappa shape index (κ3) is 5.11. The molecule has 1 aromatic heterocycles. The van der Waals surface area contributed by atoms with Gasteiger partial charge in [0, 0.05) is 48.6 Å². The highest BCUT2D eigenvalue weighted by Crippen LogP contribution is 2.23. The molecule has 4 aromatic rings. The van der Waals surface area contributed by atoms with Crippen LogP contribution in [0.5, 0.6) is 5.75 Å². The van der Waals surface area contributed by atoms with Gasteiger partial charge in [-0.25, -0.2) is 4.98 Å². The van der Waals surface area contributed by atoms with Gasteiger partial charge >= 0.3 is 0 Å². The second kappa shape index (κ2) is 10.4. The fraction of sp³-hybridized carbons (Fsp3) is 0.233. The lowest BCUT2D eigenvalue weighted by atomic mass is 10.1. The highest BCUT2D eigenvalue weighted by atomic mass is 16.5. The van der Waals surface area contributed by atoms with Crippen LogP contribution in [0.2, 0.25) is 0 Å². The Morgan fingerprint density at radius 2 is 1.87 bits per heavy atom. The average Bonchev–Trinajstić information content (AvgIpc) is 2.93. The quantitative estimate of drug-likeness (QED) is 0.380. The van der Waals surface area contributed by atoms with Gasteiger partial charge in [0.25, 0.3) is 11.5 Å². The van der Waals surface area contributed by atoms with Gasteiger partial charge in [0.05, 0.1) is 18.1 Å². The number of H-pyrrole nitrogens is 1. The number of fused-ring (bicyclic) bond motifs is 1. The van der Waals surface area contributed by atoms with Crippen molar-refractivity contribution in [3.05, 3.63) is 99.5 Å². The third-order valence-corrected chi connectivity index (χ3v) is 6.88. The van der Waals surface area contributed by atoms with E-state index < -0.39 is 5.56 Å². The number of aliphatic hydroxyl groups is 1. The minimum absolute atomic E-state index is 0.0675. The molecular formula is C30H30N4O4. The van der Waals surface area contributed by atoms with Crippen molar-refractivity contribution in [2.24, 2.45) is 0 Å². The number of aliphatic hydroxyl groups excluding tert-OH is 1. The lowest BCUT2D eigenvalue weighted by Crippen LogP contribution is -2.53. The average molecular weight is 511 g/mol. The number of aryl methyl sites for hydroxylation is 1. The topological polar surface area (TPSA) is 98.8 Å². The van der Waals surface area contributed by atoms with Crippen molar-refractivity contribution in [2.75, 3.05) is 31.6 Å². The van der Waals surface area contributed by atoms with Crippen LogP contribution in [0.4, 0.5) is 5.69 Å². The molecule has 1 saturated heterocycles. The Kier molecular flexibility index (Phi) is 6.87. The van der Waals surface area contributed by atoms with Gasteiger partial charge in [0.1, 0.15) is 17.2 Å². The Bertz CT molecular complexity index is 1580. The summed E-state index contributed by atoms with van der Waals surface area (Å²) in [7, 11) is 1.54. The number of methoxy groups -OCH3 is 1. The molecule has 2 N–H and O–H groups in total. The lowest BCUT2D eigenvalue weighted by molar-refractivity contribution is 0.0726. The fourth-order valence-electron chi connectivity index (χ4n) is 4.77. The molecule has 0 aliphatic carbocycles. The Morgan fingerprint density at radius 3 is 2.61 bits per heavy atom. The number of carbonyl (C=O) groups excluding carboxylic acids is 1. The minimum Gasteiger partial charge on any atom is -0.507 e. The Hall–Kier alpha value is -4.59. The smallest absolute Gasteiger partial charge is 0.274 e. The van der Waals surface area contributed by atoms with Gasteiger partial charge in [0.15, 0.2) is 0 Å². The Balaban J connectivity index is 1.34. The van der Waals surface area contributed by atoms with Crippen LogP contribution in [-0.4, -0.2) is 58.7 Å². The molecule has 0 bridgehead atoms. The van der Waals surface area contributed by atoms with Crippen molar-refractivity contribution in [3.63, 3.8) is 0 Å². The zero-order valence-corrected chi connectivity index (χ0v) is 21.6. The summed E-state index contributed by atoms with van der Waals surface area (Å²) in [6, 6.07) is 20.6. The van der Waals surface area contributed by atoms with Gasteiger partial charge in [-0.15, -0.1) is 0 Å². The van der Waals surface area contributed by atoms with E-state index in [0.717, 1.165) is 12.2 Å². The molecular weight excluding hydrogens is 480 g/mol. The van der Waals surface area contributed by atoms with Crippen molar-refractivity contribution in [1.29, 1.82) is 0 Å². The number of carbonyl (C=O) groups is 1. The van der Waals surface area contributed by atoms with E-state index in [-0.39, 0.29) is 23.4 Å². The molecule has 1 aliphatic heterocycles. The van der Waals surface area contributed by atoms with Gasteiger partial charge in [0.2, 0.25) is 0 Å². The van der Waals surface area contributed by atoms with Crippen molar-refractivity contribution in [1.82, 2.24) is 14.9 Å². The molecule has 1 atom stereocenters. The number of nitrogens with zero attached hydrogens (tertiary/aromatic N) is 3. The van der Waals surface area contributed by atoms with E-state index in [9.17, 15) is 14.7 Å². The maximum absolute atomic E-state index is 13.3. The predicted molar refractivity (Wildman–Crippen MR) is 150 cm³/mol. The monoisotopic (exact) mass is 510 g/mol. The summed E-state index contributed by atoms with van der Waals surface area (Å²) in [4.78, 5) is 37.5. The van der Waals surface area contributed by atoms with E-state index in [0.29, 0.717) is 41.0 Å². The number of nitrogens with one attached hydrogen (secondary N) is 1. The number of anilines is 1. The first-order valence-corrected chi connectivity index (χ1v) is 12.5. The van der Waals surface area contributed by atoms with E-state index in [4.69, 9.17) is 4.74 Å². The number of rotatable bonds is 5. The van der Waals surface area contributed by atoms with E-state index in [1.165, 1.54) is 11.6 Å². The highest BCUT2D eigenvalue weighted by molar-refractivity contribution is 5.97. The summed E-state index contributed by atoms with van der Waals surface area (Å²) in [5.74, 6) is 0.403. The van der Waals surface area contributed by atoms with Crippen LogP contribution in [0, 0.1) is 6.92 Å². The molecule has 1 unspecified atom stereocenters. The third-order valence-electron chi connectivity index (χ3n) is 6.88. The molecule has 1 fully saturated rings. The van der Waals surface area contributed by atoms with Crippen LogP contribution < -0.4 is 15.2 Å². The summed E-state index contributed by atoms with van der Waals surface area (Å²) in [5, 5.41) is 10.5. The molecule has 2 heterocycles. The normalized spacial score (nSPS) is 16.1. The highest BCUT2D eigenvalue weighted by Gasteiger charge is 2.27. The van der Waals surface area contributed by atoms with Crippen molar-refractivity contribution >= 4 is 34.5 Å². The van der Waals surface area contributed by atoms with E-state index in [1.807, 2.05) is 4.90 Å². The molecule has 0 radical (unpaired) electrons. The van der Waals surface area contributed by atoms with Crippen LogP contribution in [0.1, 0.15) is 34.1 Å². The minimum atomic E-state index is -0.461. The second-order valence-corrected chi connectivity index (χ2v) is 9.57. The molecule has 1 amide bonds. The summed E-state index contributed by atoms with van der Waals surface area (Å²) in [6.07, 6.45) is 1.32. The summed E-state index contributed by atoms with van der Waals surface area (Å²) < 4.78 is 5.19. The largest absolute Gasteiger partial charge is 0.507 e. The van der Waals surface area contributed by atoms with Crippen LogP contribution in [0.25, 0.3) is 22.9 Å². The molecule has 0 spiro atoms. The molecule has 8 heteroatoms. The number of aromatic amines is 1. The standard InChI is InChI=1S/C30H30N4O4/c1-19-7-10-23(11-8-19)34-14-13-33(18-20(34)2)30(37)22-9-12-25-26(16-22)32-29(36)27(31-25)17-28(35)21-5-4-6-24(15-21)38-3/h4-12,15-17,20,35H,13-14,18H2,1-3H3,(H,32,36). The zero-order valence-electron chi connectivity index (χ0n) is 21.6. The van der Waals surface area contributed by atoms with Gasteiger partial charge in [-0.1, -0.05) is 29.8 Å². The summed E-state index contributed by atoms with van der Waals surface area (Å²) >= 11 is 0. The van der Waals surface area contributed by atoms with Crippen molar-refractivity contribution in [2.45, 2.75) is 19.9 Å². The Morgan fingerprint density at radius 1 is 1.08 bits per heavy atom. The van der Waals surface area contributed by atoms with Gasteiger partial charge in [-0.2, -0.15) is 0 Å². The Labute approximate surface area is 220 Å². The molecule has 0 saturated carbocycles. The fourth-order valence-corrected chi connectivity index (χ4v) is 4.77. The molecule has 5 rings (SSSR count). The maximum Gasteiger partial charge on any atom is 0.274 e. The number of aromatic nitrogens is 2. The van der Waals surface area contributed by atoms with Crippen molar-refractivity contribution in [3.8, 4) is 5.75 Å². The predicted octanol–water partition coefficient (Wildman–Crippen LogP) is 4.65. The maximum atomic E-state index is 13.3. The summed E-state index contributed by atoms with van der Waals surface area (Å²) in [6.45, 7) is 6.15. The van der Waals surface area contributed by atoms with Gasteiger partial charge in [-0.3, -0.25) is 9.59 Å². The van der Waals surface area contributed by atoms with Crippen LogP contribution in [0.3, 0.4) is 0 Å². The van der Waals surface area contributed by atoms with E-state index >= 15 is 0 Å². The van der Waals surface area contributed by atoms with E-state index in [1.54, 1.807) is 49.6 Å². The number of piperazine rings is 1. The van der Waals surface area contributed by atoms with E-state index in [2.05, 4.69) is 53.0 Å². The summed E-state index contributed by atoms with van der Waals surface area (Å²) in [5.41, 5.74) is 3.96. The van der Waals surface area contributed by atoms with Gasteiger partial charge < -0.3 is 24.6 Å². The number of hydrogen-bond donors (Lipinski definition) is 2. The SMILES string of the molecule is COc1cccc(C(O)=Cc2nc3ccc(C(=O)N4CCN(c5ccc(C)cc5)C(C)C4)cc3[nH]c2=O)c1. The number of amides is 1. The lowest BCUT2D eigenvalue weighted by Gasteiger charge is -2.41.